The minimum atomic E-state index is -3.98. The van der Waals surface area contributed by atoms with E-state index in [1.54, 1.807) is 24.3 Å². The highest BCUT2D eigenvalue weighted by Gasteiger charge is 2.54. The van der Waals surface area contributed by atoms with Gasteiger partial charge in [-0.15, -0.1) is 0 Å². The number of hydrogen-bond donors (Lipinski definition) is 0. The molecular weight excluding hydrogens is 577 g/mol. The van der Waals surface area contributed by atoms with E-state index in [9.17, 15) is 0 Å². The molecule has 0 radical (unpaired) electrons. The summed E-state index contributed by atoms with van der Waals surface area (Å²) in [5.74, 6) is 0. The summed E-state index contributed by atoms with van der Waals surface area (Å²) >= 11 is 13.5. The molecule has 0 N–H and O–H groups in total. The average molecular weight is 584 g/mol. The Kier molecular flexibility index (Phi) is 4.06. The summed E-state index contributed by atoms with van der Waals surface area (Å²) in [6, 6.07) is 9.10. The molecule has 2 aromatic rings. The quantitative estimate of drug-likeness (QED) is 0.356. The molecule has 0 atom stereocenters. The fourth-order valence-corrected chi connectivity index (χ4v) is 4.84. The first-order valence-electron chi connectivity index (χ1n) is 6.91. The van der Waals surface area contributed by atoms with E-state index in [2.05, 4.69) is 63.7 Å². The van der Waals surface area contributed by atoms with Gasteiger partial charge in [0.2, 0.25) is 4.62 Å². The van der Waals surface area contributed by atoms with E-state index >= 15 is 8.63 Å². The topological polar surface area (TPSA) is 7.94 Å². The number of fused-ring (bicyclic) bond motifs is 2. The third-order valence-electron chi connectivity index (χ3n) is 4.08. The van der Waals surface area contributed by atoms with Gasteiger partial charge in [-0.1, -0.05) is 6.07 Å². The lowest BCUT2D eigenvalue weighted by atomic mass is 9.86. The summed E-state index contributed by atoms with van der Waals surface area (Å²) in [4.78, 5) is 0. The second kappa shape index (κ2) is 5.76. The van der Waals surface area contributed by atoms with E-state index < -0.39 is 6.97 Å². The fraction of sp³-hybridized carbons (Fsp3) is 0. The van der Waals surface area contributed by atoms with Crippen molar-refractivity contribution >= 4 is 80.9 Å². The van der Waals surface area contributed by atoms with Crippen molar-refractivity contribution in [3.05, 3.63) is 73.0 Å². The van der Waals surface area contributed by atoms with Gasteiger partial charge in [-0.2, -0.15) is 0 Å². The molecule has 0 fully saturated rings. The van der Waals surface area contributed by atoms with Gasteiger partial charge in [-0.25, -0.2) is 0 Å². The second-order valence-corrected chi connectivity index (χ2v) is 8.75. The van der Waals surface area contributed by atoms with Crippen LogP contribution in [0.2, 0.25) is 0 Å². The van der Waals surface area contributed by atoms with Crippen molar-refractivity contribution in [2.75, 3.05) is 0 Å². The third-order valence-corrected chi connectivity index (χ3v) is 7.25. The Morgan fingerprint density at radius 2 is 1.67 bits per heavy atom. The Hall–Kier alpha value is -0.505. The van der Waals surface area contributed by atoms with Crippen molar-refractivity contribution in [2.45, 2.75) is 0 Å². The highest BCUT2D eigenvalue weighted by molar-refractivity contribution is 9.18. The summed E-state index contributed by atoms with van der Waals surface area (Å²) in [6.07, 6.45) is 3.37. The Bertz CT molecular complexity index is 991. The van der Waals surface area contributed by atoms with Crippen molar-refractivity contribution < 1.29 is 13.1 Å². The van der Waals surface area contributed by atoms with Gasteiger partial charge in [0.1, 0.15) is 0 Å². The highest BCUT2D eigenvalue weighted by atomic mass is 79.9. The number of nitrogens with zero attached hydrogens (tertiary/aromatic N) is 2. The van der Waals surface area contributed by atoms with E-state index in [1.807, 2.05) is 18.2 Å². The molecule has 9 heteroatoms. The summed E-state index contributed by atoms with van der Waals surface area (Å²) in [6.45, 7) is -3.98. The van der Waals surface area contributed by atoms with Gasteiger partial charge in [0.05, 0.1) is 10.2 Å². The van der Waals surface area contributed by atoms with Crippen molar-refractivity contribution in [1.29, 1.82) is 0 Å². The number of hydrogen-bond acceptors (Lipinski definition) is 0. The molecule has 24 heavy (non-hydrogen) atoms. The maximum absolute atomic E-state index is 15.1. The largest absolute Gasteiger partial charge is 0.738 e. The van der Waals surface area contributed by atoms with Crippen LogP contribution in [0.15, 0.2) is 61.7 Å². The molecule has 4 rings (SSSR count). The van der Waals surface area contributed by atoms with Crippen LogP contribution in [0.25, 0.3) is 5.57 Å². The number of aromatic nitrogens is 1. The predicted octanol–water partition coefficient (Wildman–Crippen LogP) is 6.15. The molecule has 0 saturated heterocycles. The number of halogens is 6. The summed E-state index contributed by atoms with van der Waals surface area (Å²) in [5.41, 5.74) is 2.58. The molecular formula is C15H7BBr4F2N2. The van der Waals surface area contributed by atoms with Crippen molar-refractivity contribution in [3.63, 3.8) is 0 Å². The van der Waals surface area contributed by atoms with Gasteiger partial charge in [-0.05, 0) is 77.6 Å². The summed E-state index contributed by atoms with van der Waals surface area (Å²) < 4.78 is 34.8. The third kappa shape index (κ3) is 2.31. The Balaban J connectivity index is 2.10. The Morgan fingerprint density at radius 3 is 2.38 bits per heavy atom. The van der Waals surface area contributed by atoms with E-state index in [0.29, 0.717) is 20.6 Å². The molecule has 2 aliphatic heterocycles. The molecule has 0 amide bonds. The smallest absolute Gasteiger partial charge is 0.389 e. The van der Waals surface area contributed by atoms with Gasteiger partial charge in [-0.3, -0.25) is 0 Å². The number of rotatable bonds is 1. The molecule has 1 aromatic heterocycles. The molecule has 2 aliphatic rings. The lowest BCUT2D eigenvalue weighted by Gasteiger charge is -2.32. The fourth-order valence-electron chi connectivity index (χ4n) is 3.08. The first kappa shape index (κ1) is 16.9. The SMILES string of the molecule is F[B-]1(F)n2c(Br)ccc2C(c2ccc(Br)c(Br)c2)=C2C=CC(Br)=[N+]21. The number of benzene rings is 1. The first-order chi connectivity index (χ1) is 11.3. The zero-order valence-electron chi connectivity index (χ0n) is 11.8. The van der Waals surface area contributed by atoms with Crippen LogP contribution in [0.4, 0.5) is 8.63 Å². The molecule has 122 valence electrons. The van der Waals surface area contributed by atoms with Crippen LogP contribution in [-0.4, -0.2) is 20.6 Å². The van der Waals surface area contributed by atoms with Gasteiger partial charge < -0.3 is 17.6 Å². The van der Waals surface area contributed by atoms with E-state index in [-0.39, 0.29) is 0 Å². The Morgan fingerprint density at radius 1 is 0.917 bits per heavy atom. The number of allylic oxidation sites excluding steroid dienone is 2. The molecule has 1 aromatic carbocycles. The van der Waals surface area contributed by atoms with Crippen molar-refractivity contribution in [1.82, 2.24) is 4.48 Å². The monoisotopic (exact) mass is 580 g/mol. The summed E-state index contributed by atoms with van der Waals surface area (Å²) in [5, 5.41) is 0. The zero-order valence-corrected chi connectivity index (χ0v) is 18.1. The minimum Gasteiger partial charge on any atom is -0.389 e. The molecule has 3 heterocycles. The van der Waals surface area contributed by atoms with E-state index in [0.717, 1.165) is 29.0 Å². The molecule has 0 spiro atoms. The molecule has 0 aliphatic carbocycles. The maximum atomic E-state index is 15.1. The van der Waals surface area contributed by atoms with Crippen LogP contribution in [0.3, 0.4) is 0 Å². The van der Waals surface area contributed by atoms with E-state index in [1.165, 1.54) is 0 Å². The molecule has 2 nitrogen and oxygen atoms in total. The summed E-state index contributed by atoms with van der Waals surface area (Å²) in [7, 11) is 0. The normalized spacial score (nSPS) is 18.2. The van der Waals surface area contributed by atoms with Crippen LogP contribution < -0.4 is 0 Å². The minimum absolute atomic E-state index is 0.349. The van der Waals surface area contributed by atoms with Crippen molar-refractivity contribution in [2.24, 2.45) is 0 Å². The molecule has 0 saturated carbocycles. The standard InChI is InChI=1S/C15H7BBr4F2N2/c17-9-2-1-8(7-10(9)18)15-11-3-5-13(19)23(11)16(21,22)24-12(15)4-6-14(24)20/h1-7H. The van der Waals surface area contributed by atoms with Gasteiger partial charge >= 0.3 is 6.97 Å². The van der Waals surface area contributed by atoms with Crippen LogP contribution in [-0.2, 0) is 0 Å². The average Bonchev–Trinajstić information content (AvgIpc) is 3.08. The second-order valence-electron chi connectivity index (χ2n) is 5.41. The van der Waals surface area contributed by atoms with Crippen LogP contribution in [0.1, 0.15) is 11.3 Å². The zero-order chi connectivity index (χ0) is 17.2. The van der Waals surface area contributed by atoms with E-state index in [4.69, 9.17) is 0 Å². The molecule has 0 bridgehead atoms. The maximum Gasteiger partial charge on any atom is 0.738 e. The molecule has 0 unspecified atom stereocenters. The van der Waals surface area contributed by atoms with Crippen molar-refractivity contribution in [3.8, 4) is 0 Å². The van der Waals surface area contributed by atoms with Crippen LogP contribution in [0, 0.1) is 0 Å². The highest BCUT2D eigenvalue weighted by Crippen LogP contribution is 2.42. The van der Waals surface area contributed by atoms with Gasteiger partial charge in [0.25, 0.3) is 0 Å². The Labute approximate surface area is 170 Å². The van der Waals surface area contributed by atoms with Crippen LogP contribution in [0.5, 0.6) is 0 Å². The lowest BCUT2D eigenvalue weighted by molar-refractivity contribution is -0.358. The van der Waals surface area contributed by atoms with Crippen LogP contribution >= 0.6 is 63.7 Å². The first-order valence-corrected chi connectivity index (χ1v) is 10.1. The van der Waals surface area contributed by atoms with Gasteiger partial charge in [0, 0.05) is 42.7 Å². The predicted molar refractivity (Wildman–Crippen MR) is 107 cm³/mol. The lowest BCUT2D eigenvalue weighted by Crippen LogP contribution is -2.50. The van der Waals surface area contributed by atoms with Gasteiger partial charge in [0.15, 0.2) is 5.70 Å².